The van der Waals surface area contributed by atoms with Crippen LogP contribution in [0.15, 0.2) is 34.2 Å². The molecule has 0 aliphatic heterocycles. The Morgan fingerprint density at radius 1 is 1.35 bits per heavy atom. The Bertz CT molecular complexity index is 765. The molecule has 2 aromatic rings. The molecule has 0 fully saturated rings. The quantitative estimate of drug-likeness (QED) is 0.443. The minimum atomic E-state index is -0.263. The van der Waals surface area contributed by atoms with Gasteiger partial charge in [0.2, 0.25) is 0 Å². The number of benzene rings is 1. The number of hydrogen-bond acceptors (Lipinski definition) is 5. The normalized spacial score (nSPS) is 12.5. The fraction of sp³-hybridized carbons (Fsp3) is 0.471. The molecular weight excluding hydrogens is 310 g/mol. The van der Waals surface area contributed by atoms with Crippen LogP contribution >= 0.6 is 11.8 Å². The largest absolute Gasteiger partial charge is 0.379 e. The van der Waals surface area contributed by atoms with Crippen molar-refractivity contribution in [3.05, 3.63) is 34.6 Å². The standard InChI is InChI=1S/C17H21N3O2S/c1-12(2)22-10-6-9-20-16(21)14-7-4-5-8-15(14)19-17(20)23-13(3)11-18/h4-5,7-8,12-13H,6,9-10H2,1-3H3/t13-/m0/s1. The van der Waals surface area contributed by atoms with E-state index in [2.05, 4.69) is 11.1 Å². The lowest BCUT2D eigenvalue weighted by atomic mass is 10.2. The average Bonchev–Trinajstić information content (AvgIpc) is 2.53. The number of rotatable bonds is 7. The molecule has 5 nitrogen and oxygen atoms in total. The number of ether oxygens (including phenoxy) is 1. The number of nitriles is 1. The summed E-state index contributed by atoms with van der Waals surface area (Å²) in [5, 5.41) is 9.97. The predicted octanol–water partition coefficient (Wildman–Crippen LogP) is 3.22. The van der Waals surface area contributed by atoms with Gasteiger partial charge in [0.15, 0.2) is 5.16 Å². The lowest BCUT2D eigenvalue weighted by Gasteiger charge is -2.14. The maximum atomic E-state index is 12.7. The van der Waals surface area contributed by atoms with Crippen molar-refractivity contribution in [1.82, 2.24) is 9.55 Å². The summed E-state index contributed by atoms with van der Waals surface area (Å²) in [6, 6.07) is 9.48. The molecule has 2 rings (SSSR count). The minimum absolute atomic E-state index is 0.0622. The van der Waals surface area contributed by atoms with Crippen LogP contribution in [0.4, 0.5) is 0 Å². The second-order valence-electron chi connectivity index (χ2n) is 5.53. The van der Waals surface area contributed by atoms with Crippen LogP contribution in [0.2, 0.25) is 0 Å². The molecule has 1 aromatic carbocycles. The van der Waals surface area contributed by atoms with E-state index in [1.54, 1.807) is 17.6 Å². The highest BCUT2D eigenvalue weighted by molar-refractivity contribution is 8.00. The molecule has 23 heavy (non-hydrogen) atoms. The zero-order chi connectivity index (χ0) is 16.8. The van der Waals surface area contributed by atoms with Crippen LogP contribution in [0.1, 0.15) is 27.2 Å². The molecule has 0 N–H and O–H groups in total. The SMILES string of the molecule is CC(C)OCCCn1c(S[C@@H](C)C#N)nc2ccccc2c1=O. The van der Waals surface area contributed by atoms with Gasteiger partial charge in [-0.25, -0.2) is 4.98 Å². The van der Waals surface area contributed by atoms with E-state index in [1.165, 1.54) is 11.8 Å². The molecule has 0 unspecified atom stereocenters. The Labute approximate surface area is 140 Å². The van der Waals surface area contributed by atoms with Gasteiger partial charge in [-0.3, -0.25) is 9.36 Å². The van der Waals surface area contributed by atoms with Crippen molar-refractivity contribution >= 4 is 22.7 Å². The molecule has 0 bridgehead atoms. The van der Waals surface area contributed by atoms with Gasteiger partial charge in [-0.2, -0.15) is 5.26 Å². The van der Waals surface area contributed by atoms with E-state index in [9.17, 15) is 4.79 Å². The van der Waals surface area contributed by atoms with Crippen molar-refractivity contribution in [2.75, 3.05) is 6.61 Å². The number of thioether (sulfide) groups is 1. The molecule has 0 saturated carbocycles. The molecule has 0 aliphatic carbocycles. The second kappa shape index (κ2) is 8.14. The fourth-order valence-corrected chi connectivity index (χ4v) is 2.98. The number of aromatic nitrogens is 2. The zero-order valence-corrected chi connectivity index (χ0v) is 14.5. The molecule has 0 aliphatic rings. The van der Waals surface area contributed by atoms with Crippen molar-refractivity contribution in [1.29, 1.82) is 5.26 Å². The molecule has 0 radical (unpaired) electrons. The Kier molecular flexibility index (Phi) is 6.20. The van der Waals surface area contributed by atoms with Crippen molar-refractivity contribution in [2.45, 2.75) is 50.2 Å². The van der Waals surface area contributed by atoms with Gasteiger partial charge in [-0.05, 0) is 39.3 Å². The van der Waals surface area contributed by atoms with Crippen LogP contribution in [0, 0.1) is 11.3 Å². The third kappa shape index (κ3) is 4.57. The van der Waals surface area contributed by atoms with E-state index < -0.39 is 0 Å². The highest BCUT2D eigenvalue weighted by Crippen LogP contribution is 2.22. The van der Waals surface area contributed by atoms with Crippen molar-refractivity contribution < 1.29 is 4.74 Å². The molecule has 0 spiro atoms. The summed E-state index contributed by atoms with van der Waals surface area (Å²) in [7, 11) is 0. The Morgan fingerprint density at radius 3 is 2.78 bits per heavy atom. The first-order valence-corrected chi connectivity index (χ1v) is 8.58. The summed E-state index contributed by atoms with van der Waals surface area (Å²) in [5.41, 5.74) is 0.604. The van der Waals surface area contributed by atoms with E-state index >= 15 is 0 Å². The van der Waals surface area contributed by atoms with Gasteiger partial charge < -0.3 is 4.74 Å². The predicted molar refractivity (Wildman–Crippen MR) is 92.6 cm³/mol. The van der Waals surface area contributed by atoms with E-state index in [-0.39, 0.29) is 16.9 Å². The summed E-state index contributed by atoms with van der Waals surface area (Å²) in [5.74, 6) is 0. The minimum Gasteiger partial charge on any atom is -0.379 e. The van der Waals surface area contributed by atoms with Gasteiger partial charge in [0.05, 0.1) is 28.3 Å². The summed E-state index contributed by atoms with van der Waals surface area (Å²) >= 11 is 1.31. The Hall–Kier alpha value is -1.84. The summed E-state index contributed by atoms with van der Waals surface area (Å²) in [6.45, 7) is 6.90. The van der Waals surface area contributed by atoms with Gasteiger partial charge in [0.1, 0.15) is 0 Å². The first kappa shape index (κ1) is 17.5. The maximum absolute atomic E-state index is 12.7. The van der Waals surface area contributed by atoms with E-state index in [1.807, 2.05) is 32.0 Å². The first-order chi connectivity index (χ1) is 11.0. The Balaban J connectivity index is 2.34. The third-order valence-electron chi connectivity index (χ3n) is 3.27. The summed E-state index contributed by atoms with van der Waals surface area (Å²) < 4.78 is 7.20. The molecule has 122 valence electrons. The highest BCUT2D eigenvalue weighted by atomic mass is 32.2. The molecule has 1 aromatic heterocycles. The maximum Gasteiger partial charge on any atom is 0.262 e. The average molecular weight is 331 g/mol. The van der Waals surface area contributed by atoms with Crippen LogP contribution < -0.4 is 5.56 Å². The van der Waals surface area contributed by atoms with Gasteiger partial charge in [-0.15, -0.1) is 0 Å². The zero-order valence-electron chi connectivity index (χ0n) is 13.7. The van der Waals surface area contributed by atoms with Crippen molar-refractivity contribution in [2.24, 2.45) is 0 Å². The van der Waals surface area contributed by atoms with Gasteiger partial charge in [-0.1, -0.05) is 23.9 Å². The van der Waals surface area contributed by atoms with E-state index in [4.69, 9.17) is 10.00 Å². The van der Waals surface area contributed by atoms with Gasteiger partial charge in [0.25, 0.3) is 5.56 Å². The molecule has 1 atom stereocenters. The summed E-state index contributed by atoms with van der Waals surface area (Å²) in [6.07, 6.45) is 0.904. The van der Waals surface area contributed by atoms with Crippen LogP contribution in [0.3, 0.4) is 0 Å². The lowest BCUT2D eigenvalue weighted by Crippen LogP contribution is -2.24. The fourth-order valence-electron chi connectivity index (χ4n) is 2.16. The topological polar surface area (TPSA) is 67.9 Å². The molecule has 0 amide bonds. The molecular formula is C17H21N3O2S. The van der Waals surface area contributed by atoms with Gasteiger partial charge in [0, 0.05) is 13.2 Å². The van der Waals surface area contributed by atoms with Crippen LogP contribution in [-0.4, -0.2) is 27.5 Å². The van der Waals surface area contributed by atoms with Crippen LogP contribution in [-0.2, 0) is 11.3 Å². The lowest BCUT2D eigenvalue weighted by molar-refractivity contribution is 0.0743. The number of para-hydroxylation sites is 1. The highest BCUT2D eigenvalue weighted by Gasteiger charge is 2.14. The smallest absolute Gasteiger partial charge is 0.262 e. The summed E-state index contributed by atoms with van der Waals surface area (Å²) in [4.78, 5) is 17.3. The number of hydrogen-bond donors (Lipinski definition) is 0. The van der Waals surface area contributed by atoms with E-state index in [0.29, 0.717) is 29.2 Å². The number of fused-ring (bicyclic) bond motifs is 1. The van der Waals surface area contributed by atoms with Gasteiger partial charge >= 0.3 is 0 Å². The molecule has 0 saturated heterocycles. The molecule has 6 heteroatoms. The van der Waals surface area contributed by atoms with E-state index in [0.717, 1.165) is 6.42 Å². The third-order valence-corrected chi connectivity index (χ3v) is 4.25. The Morgan fingerprint density at radius 2 is 2.09 bits per heavy atom. The first-order valence-electron chi connectivity index (χ1n) is 7.70. The van der Waals surface area contributed by atoms with Crippen molar-refractivity contribution in [3.8, 4) is 6.07 Å². The second-order valence-corrected chi connectivity index (χ2v) is 6.84. The molecule has 1 heterocycles. The van der Waals surface area contributed by atoms with Crippen molar-refractivity contribution in [3.63, 3.8) is 0 Å². The van der Waals surface area contributed by atoms with Crippen LogP contribution in [0.25, 0.3) is 10.9 Å². The number of nitrogens with zero attached hydrogens (tertiary/aromatic N) is 3. The van der Waals surface area contributed by atoms with Crippen LogP contribution in [0.5, 0.6) is 0 Å². The monoisotopic (exact) mass is 331 g/mol.